The lowest BCUT2D eigenvalue weighted by molar-refractivity contribution is 0.442. The molecule has 0 atom stereocenters. The highest BCUT2D eigenvalue weighted by atomic mass is 32.1. The van der Waals surface area contributed by atoms with Gasteiger partial charge in [-0.1, -0.05) is 24.4 Å². The molecule has 0 saturated heterocycles. The molecule has 7 heteroatoms. The summed E-state index contributed by atoms with van der Waals surface area (Å²) in [6.45, 7) is 0. The molecule has 0 aliphatic carbocycles. The fourth-order valence-corrected chi connectivity index (χ4v) is 2.00. The minimum absolute atomic E-state index is 0.217. The van der Waals surface area contributed by atoms with E-state index in [-0.39, 0.29) is 11.0 Å². The summed E-state index contributed by atoms with van der Waals surface area (Å²) in [6.07, 6.45) is 3.15. The van der Waals surface area contributed by atoms with Gasteiger partial charge in [0.25, 0.3) is 0 Å². The molecule has 2 heterocycles. The maximum absolute atomic E-state index is 5.75. The van der Waals surface area contributed by atoms with Gasteiger partial charge in [-0.15, -0.1) is 5.10 Å². The first kappa shape index (κ1) is 12.5. The van der Waals surface area contributed by atoms with E-state index in [0.717, 1.165) is 10.9 Å². The van der Waals surface area contributed by atoms with Gasteiger partial charge in [0, 0.05) is 18.6 Å². The molecular weight excluding hydrogens is 274 g/mol. The van der Waals surface area contributed by atoms with E-state index in [1.807, 2.05) is 24.3 Å². The Hall–Kier alpha value is -2.54. The molecule has 0 bridgehead atoms. The second kappa shape index (κ2) is 4.86. The summed E-state index contributed by atoms with van der Waals surface area (Å²) >= 11 is 5.05. The molecule has 3 aromatic rings. The lowest BCUT2D eigenvalue weighted by atomic mass is 10.1. The predicted octanol–water partition coefficient (Wildman–Crippen LogP) is 1.79. The summed E-state index contributed by atoms with van der Waals surface area (Å²) in [5, 5.41) is 4.90. The average Bonchev–Trinajstić information content (AvgIpc) is 2.84. The van der Waals surface area contributed by atoms with Gasteiger partial charge in [0.15, 0.2) is 5.75 Å². The van der Waals surface area contributed by atoms with Gasteiger partial charge in [-0.05, 0) is 12.1 Å². The number of fused-ring (bicyclic) bond motifs is 1. The topological polar surface area (TPSA) is 78.9 Å². The highest BCUT2D eigenvalue weighted by Gasteiger charge is 2.14. The molecule has 0 amide bonds. The number of aromatic nitrogens is 4. The number of nitrogens with two attached hydrogens (primary N) is 1. The molecule has 0 radical (unpaired) electrons. The van der Waals surface area contributed by atoms with Gasteiger partial charge < -0.3 is 10.5 Å². The van der Waals surface area contributed by atoms with Crippen LogP contribution in [0.2, 0.25) is 0 Å². The molecular formula is C13H11N5OS. The van der Waals surface area contributed by atoms with Crippen LogP contribution >= 0.6 is 12.2 Å². The fraction of sp³-hybridized carbons (Fsp3) is 0.0769. The molecule has 6 nitrogen and oxygen atoms in total. The first-order valence-corrected chi connectivity index (χ1v) is 6.27. The van der Waals surface area contributed by atoms with Crippen LogP contribution in [0, 0.1) is 0 Å². The van der Waals surface area contributed by atoms with Crippen molar-refractivity contribution in [3.63, 3.8) is 0 Å². The van der Waals surface area contributed by atoms with Crippen LogP contribution in [0.4, 0.5) is 0 Å². The van der Waals surface area contributed by atoms with E-state index < -0.39 is 0 Å². The minimum Gasteiger partial charge on any atom is -0.422 e. The van der Waals surface area contributed by atoms with E-state index in [1.54, 1.807) is 24.3 Å². The van der Waals surface area contributed by atoms with Crippen LogP contribution in [0.1, 0.15) is 5.56 Å². The largest absolute Gasteiger partial charge is 0.422 e. The Morgan fingerprint density at radius 1 is 1.30 bits per heavy atom. The maximum atomic E-state index is 5.75. The van der Waals surface area contributed by atoms with Gasteiger partial charge in [0.05, 0.1) is 11.1 Å². The number of rotatable bonds is 3. The lowest BCUT2D eigenvalue weighted by Gasteiger charge is -2.10. The van der Waals surface area contributed by atoms with Crippen LogP contribution in [0.3, 0.4) is 0 Å². The fourth-order valence-electron chi connectivity index (χ4n) is 1.86. The van der Waals surface area contributed by atoms with Crippen molar-refractivity contribution < 1.29 is 4.74 Å². The lowest BCUT2D eigenvalue weighted by Crippen LogP contribution is -2.11. The Morgan fingerprint density at radius 2 is 2.10 bits per heavy atom. The summed E-state index contributed by atoms with van der Waals surface area (Å²) in [5.41, 5.74) is 7.08. The van der Waals surface area contributed by atoms with Gasteiger partial charge in [0.2, 0.25) is 0 Å². The standard InChI is InChI=1S/C13H11N5OS/c1-18-7-16-13(17-18)19-11-8-4-2-3-5-10(8)15-6-9(11)12(14)20/h2-7H,1H3,(H2,14,20). The van der Waals surface area contributed by atoms with Crippen LogP contribution < -0.4 is 10.5 Å². The van der Waals surface area contributed by atoms with E-state index in [4.69, 9.17) is 22.7 Å². The van der Waals surface area contributed by atoms with E-state index in [9.17, 15) is 0 Å². The molecule has 1 aromatic carbocycles. The molecule has 100 valence electrons. The number of aryl methyl sites for hydroxylation is 1. The third kappa shape index (κ3) is 2.19. The van der Waals surface area contributed by atoms with Crippen LogP contribution in [0.25, 0.3) is 10.9 Å². The molecule has 0 fully saturated rings. The number of pyridine rings is 1. The summed E-state index contributed by atoms with van der Waals surface area (Å²) in [6, 6.07) is 7.81. The normalized spacial score (nSPS) is 10.7. The Balaban J connectivity index is 2.19. The number of ether oxygens (including phenoxy) is 1. The van der Waals surface area contributed by atoms with Gasteiger partial charge in [-0.2, -0.15) is 4.98 Å². The van der Waals surface area contributed by atoms with Crippen LogP contribution in [0.15, 0.2) is 36.8 Å². The van der Waals surface area contributed by atoms with Crippen molar-refractivity contribution in [3.05, 3.63) is 42.4 Å². The van der Waals surface area contributed by atoms with Crippen molar-refractivity contribution in [2.75, 3.05) is 0 Å². The summed E-state index contributed by atoms with van der Waals surface area (Å²) in [4.78, 5) is 8.58. The molecule has 0 aliphatic heterocycles. The van der Waals surface area contributed by atoms with Gasteiger partial charge >= 0.3 is 6.01 Å². The van der Waals surface area contributed by atoms with Crippen LogP contribution in [-0.4, -0.2) is 24.7 Å². The molecule has 0 unspecified atom stereocenters. The van der Waals surface area contributed by atoms with Crippen molar-refractivity contribution >= 4 is 28.1 Å². The van der Waals surface area contributed by atoms with Crippen molar-refractivity contribution in [1.82, 2.24) is 19.7 Å². The van der Waals surface area contributed by atoms with Gasteiger partial charge in [0.1, 0.15) is 11.3 Å². The number of nitrogens with zero attached hydrogens (tertiary/aromatic N) is 4. The van der Waals surface area contributed by atoms with Crippen molar-refractivity contribution in [1.29, 1.82) is 0 Å². The molecule has 2 N–H and O–H groups in total. The van der Waals surface area contributed by atoms with Gasteiger partial charge in [-0.25, -0.2) is 0 Å². The quantitative estimate of drug-likeness (QED) is 0.739. The van der Waals surface area contributed by atoms with Gasteiger partial charge in [-0.3, -0.25) is 9.67 Å². The second-order valence-electron chi connectivity index (χ2n) is 4.19. The molecule has 0 aliphatic rings. The van der Waals surface area contributed by atoms with Crippen LogP contribution in [-0.2, 0) is 7.05 Å². The SMILES string of the molecule is Cn1cnc(Oc2c(C(N)=S)cnc3ccccc23)n1. The Labute approximate surface area is 120 Å². The van der Waals surface area contributed by atoms with Crippen molar-refractivity contribution in [2.24, 2.45) is 12.8 Å². The first-order valence-electron chi connectivity index (χ1n) is 5.86. The average molecular weight is 285 g/mol. The zero-order valence-electron chi connectivity index (χ0n) is 10.6. The predicted molar refractivity (Wildman–Crippen MR) is 78.7 cm³/mol. The third-order valence-corrected chi connectivity index (χ3v) is 2.98. The zero-order valence-corrected chi connectivity index (χ0v) is 11.5. The highest BCUT2D eigenvalue weighted by Crippen LogP contribution is 2.31. The summed E-state index contributed by atoms with van der Waals surface area (Å²) < 4.78 is 7.31. The van der Waals surface area contributed by atoms with Crippen LogP contribution in [0.5, 0.6) is 11.8 Å². The summed E-state index contributed by atoms with van der Waals surface area (Å²) in [7, 11) is 1.76. The number of para-hydroxylation sites is 1. The summed E-state index contributed by atoms with van der Waals surface area (Å²) in [5.74, 6) is 0.523. The zero-order chi connectivity index (χ0) is 14.1. The number of benzene rings is 1. The Kier molecular flexibility index (Phi) is 3.03. The van der Waals surface area contributed by atoms with Crippen molar-refractivity contribution in [2.45, 2.75) is 0 Å². The van der Waals surface area contributed by atoms with E-state index >= 15 is 0 Å². The van der Waals surface area contributed by atoms with Crippen molar-refractivity contribution in [3.8, 4) is 11.8 Å². The Bertz CT molecular complexity index is 798. The molecule has 3 rings (SSSR count). The van der Waals surface area contributed by atoms with E-state index in [1.165, 1.54) is 0 Å². The maximum Gasteiger partial charge on any atom is 0.341 e. The van der Waals surface area contributed by atoms with E-state index in [0.29, 0.717) is 11.3 Å². The molecule has 2 aromatic heterocycles. The third-order valence-electron chi connectivity index (χ3n) is 2.76. The molecule has 20 heavy (non-hydrogen) atoms. The number of thiocarbonyl (C=S) groups is 1. The monoisotopic (exact) mass is 285 g/mol. The first-order chi connectivity index (χ1) is 9.65. The number of hydrogen-bond donors (Lipinski definition) is 1. The second-order valence-corrected chi connectivity index (χ2v) is 4.63. The molecule has 0 saturated carbocycles. The molecule has 0 spiro atoms. The smallest absolute Gasteiger partial charge is 0.341 e. The minimum atomic E-state index is 0.217. The Morgan fingerprint density at radius 3 is 2.80 bits per heavy atom. The highest BCUT2D eigenvalue weighted by molar-refractivity contribution is 7.80. The number of hydrogen-bond acceptors (Lipinski definition) is 5. The van der Waals surface area contributed by atoms with E-state index in [2.05, 4.69) is 15.1 Å².